The summed E-state index contributed by atoms with van der Waals surface area (Å²) in [5.41, 5.74) is 0.991. The van der Waals surface area contributed by atoms with E-state index in [9.17, 15) is 9.59 Å². The maximum absolute atomic E-state index is 13.1. The number of aromatic nitrogens is 1. The molecule has 1 aliphatic carbocycles. The Balaban J connectivity index is 1.45. The third-order valence-electron chi connectivity index (χ3n) is 5.57. The largest absolute Gasteiger partial charge is 0.342 e. The number of carbonyl (C=O) groups excluding carboxylic acids is 2. The highest BCUT2D eigenvalue weighted by molar-refractivity contribution is 5.84. The van der Waals surface area contributed by atoms with E-state index < -0.39 is 0 Å². The van der Waals surface area contributed by atoms with Crippen molar-refractivity contribution in [3.05, 3.63) is 30.1 Å². The van der Waals surface area contributed by atoms with Crippen LogP contribution in [0.5, 0.6) is 0 Å². The predicted molar refractivity (Wildman–Crippen MR) is 90.0 cm³/mol. The number of carbonyl (C=O) groups is 2. The highest BCUT2D eigenvalue weighted by atomic mass is 16.2. The number of piperidine rings is 1. The molecule has 1 aromatic heterocycles. The summed E-state index contributed by atoms with van der Waals surface area (Å²) in [5.74, 6) is 0.698. The first-order chi connectivity index (χ1) is 11.7. The Kier molecular flexibility index (Phi) is 4.25. The van der Waals surface area contributed by atoms with Crippen LogP contribution in [0, 0.1) is 11.8 Å². The van der Waals surface area contributed by atoms with Crippen LogP contribution in [0.2, 0.25) is 0 Å². The average molecular weight is 327 g/mol. The van der Waals surface area contributed by atoms with Crippen molar-refractivity contribution in [2.45, 2.75) is 44.6 Å². The van der Waals surface area contributed by atoms with Crippen LogP contribution < -0.4 is 0 Å². The van der Waals surface area contributed by atoms with Gasteiger partial charge in [0.15, 0.2) is 0 Å². The molecular weight excluding hydrogens is 302 g/mol. The molecule has 5 nitrogen and oxygen atoms in total. The van der Waals surface area contributed by atoms with Crippen LogP contribution in [0.15, 0.2) is 24.4 Å². The second kappa shape index (κ2) is 6.54. The van der Waals surface area contributed by atoms with E-state index in [2.05, 4.69) is 4.98 Å². The molecule has 0 unspecified atom stereocenters. The molecule has 2 aliphatic heterocycles. The second-order valence-electron chi connectivity index (χ2n) is 7.34. The minimum atomic E-state index is -0.0363. The number of nitrogens with zero attached hydrogens (tertiary/aromatic N) is 3. The number of amides is 2. The van der Waals surface area contributed by atoms with Crippen molar-refractivity contribution in [3.8, 4) is 0 Å². The lowest BCUT2D eigenvalue weighted by Gasteiger charge is -2.35. The molecule has 2 saturated heterocycles. The zero-order valence-corrected chi connectivity index (χ0v) is 14.1. The molecule has 3 aliphatic rings. The number of pyridine rings is 1. The summed E-state index contributed by atoms with van der Waals surface area (Å²) in [6.45, 7) is 2.25. The Bertz CT molecular complexity index is 614. The van der Waals surface area contributed by atoms with Crippen LogP contribution in [0.3, 0.4) is 0 Å². The normalized spacial score (nSPS) is 27.3. The lowest BCUT2D eigenvalue weighted by molar-refractivity contribution is -0.142. The van der Waals surface area contributed by atoms with E-state index in [1.54, 1.807) is 6.20 Å². The van der Waals surface area contributed by atoms with Gasteiger partial charge in [-0.2, -0.15) is 0 Å². The zero-order valence-electron chi connectivity index (χ0n) is 14.1. The van der Waals surface area contributed by atoms with Crippen molar-refractivity contribution in [1.82, 2.24) is 14.8 Å². The van der Waals surface area contributed by atoms with E-state index >= 15 is 0 Å². The van der Waals surface area contributed by atoms with E-state index in [1.165, 1.54) is 0 Å². The Hall–Kier alpha value is -1.91. The fourth-order valence-electron chi connectivity index (χ4n) is 4.11. The van der Waals surface area contributed by atoms with Gasteiger partial charge in [0.05, 0.1) is 17.7 Å². The summed E-state index contributed by atoms with van der Waals surface area (Å²) in [4.78, 5) is 33.8. The Labute approximate surface area is 143 Å². The lowest BCUT2D eigenvalue weighted by Crippen LogP contribution is -2.47. The first kappa shape index (κ1) is 15.6. The van der Waals surface area contributed by atoms with Crippen LogP contribution in [0.1, 0.15) is 50.3 Å². The summed E-state index contributed by atoms with van der Waals surface area (Å²) in [6, 6.07) is 6.01. The Morgan fingerprint density at radius 1 is 0.958 bits per heavy atom. The summed E-state index contributed by atoms with van der Waals surface area (Å²) in [6.07, 6.45) is 7.72. The standard InChI is InChI=1S/C19H25N3O2/c23-18(14-8-9-14)21-11-3-5-15(13-21)19(24)22-12-4-7-17(22)16-6-1-2-10-20-16/h1-2,6,10,14-15,17H,3-5,7-9,11-13H2/t15-,17-/m0/s1. The molecule has 0 spiro atoms. The number of rotatable bonds is 3. The Morgan fingerprint density at radius 2 is 1.79 bits per heavy atom. The van der Waals surface area contributed by atoms with E-state index in [0.717, 1.165) is 57.3 Å². The summed E-state index contributed by atoms with van der Waals surface area (Å²) >= 11 is 0. The summed E-state index contributed by atoms with van der Waals surface area (Å²) < 4.78 is 0. The van der Waals surface area contributed by atoms with Crippen LogP contribution in [-0.4, -0.2) is 46.2 Å². The first-order valence-corrected chi connectivity index (χ1v) is 9.24. The summed E-state index contributed by atoms with van der Waals surface area (Å²) in [7, 11) is 0. The molecule has 1 aromatic rings. The Morgan fingerprint density at radius 3 is 2.54 bits per heavy atom. The lowest BCUT2D eigenvalue weighted by atomic mass is 9.95. The molecule has 4 rings (SSSR count). The van der Waals surface area contributed by atoms with Crippen LogP contribution >= 0.6 is 0 Å². The van der Waals surface area contributed by atoms with E-state index in [0.29, 0.717) is 6.54 Å². The topological polar surface area (TPSA) is 53.5 Å². The molecular formula is C19H25N3O2. The SMILES string of the molecule is O=C(C1CC1)N1CCC[C@H](C(=O)N2CCC[C@H]2c2ccccn2)C1. The molecule has 5 heteroatoms. The molecule has 0 bridgehead atoms. The van der Waals surface area contributed by atoms with Crippen LogP contribution in [-0.2, 0) is 9.59 Å². The predicted octanol–water partition coefficient (Wildman–Crippen LogP) is 2.39. The second-order valence-corrected chi connectivity index (χ2v) is 7.34. The van der Waals surface area contributed by atoms with Gasteiger partial charge in [-0.05, 0) is 50.7 Å². The van der Waals surface area contributed by atoms with E-state index in [4.69, 9.17) is 0 Å². The zero-order chi connectivity index (χ0) is 16.5. The van der Waals surface area contributed by atoms with Gasteiger partial charge in [-0.3, -0.25) is 14.6 Å². The van der Waals surface area contributed by atoms with E-state index in [-0.39, 0.29) is 29.7 Å². The third kappa shape index (κ3) is 3.04. The van der Waals surface area contributed by atoms with Crippen molar-refractivity contribution >= 4 is 11.8 Å². The van der Waals surface area contributed by atoms with Gasteiger partial charge in [0, 0.05) is 31.7 Å². The van der Waals surface area contributed by atoms with Gasteiger partial charge in [-0.1, -0.05) is 6.07 Å². The summed E-state index contributed by atoms with van der Waals surface area (Å²) in [5, 5.41) is 0. The molecule has 3 heterocycles. The minimum absolute atomic E-state index is 0.0363. The molecule has 0 N–H and O–H groups in total. The minimum Gasteiger partial charge on any atom is -0.342 e. The van der Waals surface area contributed by atoms with Gasteiger partial charge in [0.1, 0.15) is 0 Å². The highest BCUT2D eigenvalue weighted by Gasteiger charge is 2.39. The van der Waals surface area contributed by atoms with Crippen molar-refractivity contribution in [1.29, 1.82) is 0 Å². The smallest absolute Gasteiger partial charge is 0.228 e. The molecule has 2 amide bonds. The maximum atomic E-state index is 13.1. The quantitative estimate of drug-likeness (QED) is 0.856. The molecule has 0 radical (unpaired) electrons. The molecule has 0 aromatic carbocycles. The van der Waals surface area contributed by atoms with E-state index in [1.807, 2.05) is 28.0 Å². The van der Waals surface area contributed by atoms with Gasteiger partial charge < -0.3 is 9.80 Å². The van der Waals surface area contributed by atoms with Crippen molar-refractivity contribution in [2.75, 3.05) is 19.6 Å². The van der Waals surface area contributed by atoms with Crippen LogP contribution in [0.4, 0.5) is 0 Å². The molecule has 1 saturated carbocycles. The third-order valence-corrected chi connectivity index (χ3v) is 5.57. The molecule has 128 valence electrons. The van der Waals surface area contributed by atoms with Gasteiger partial charge in [-0.15, -0.1) is 0 Å². The maximum Gasteiger partial charge on any atom is 0.228 e. The number of hydrogen-bond acceptors (Lipinski definition) is 3. The van der Waals surface area contributed by atoms with Crippen molar-refractivity contribution in [2.24, 2.45) is 11.8 Å². The fourth-order valence-corrected chi connectivity index (χ4v) is 4.11. The first-order valence-electron chi connectivity index (χ1n) is 9.24. The molecule has 3 fully saturated rings. The van der Waals surface area contributed by atoms with Crippen LogP contribution in [0.25, 0.3) is 0 Å². The number of likely N-dealkylation sites (tertiary alicyclic amines) is 2. The number of hydrogen-bond donors (Lipinski definition) is 0. The van der Waals surface area contributed by atoms with Crippen molar-refractivity contribution < 1.29 is 9.59 Å². The van der Waals surface area contributed by atoms with Crippen molar-refractivity contribution in [3.63, 3.8) is 0 Å². The van der Waals surface area contributed by atoms with Gasteiger partial charge >= 0.3 is 0 Å². The molecule has 24 heavy (non-hydrogen) atoms. The van der Waals surface area contributed by atoms with Gasteiger partial charge in [0.2, 0.25) is 11.8 Å². The van der Waals surface area contributed by atoms with Gasteiger partial charge in [-0.25, -0.2) is 0 Å². The fraction of sp³-hybridized carbons (Fsp3) is 0.632. The highest BCUT2D eigenvalue weighted by Crippen LogP contribution is 2.35. The monoisotopic (exact) mass is 327 g/mol. The average Bonchev–Trinajstić information content (AvgIpc) is 3.38. The molecule has 2 atom stereocenters. The van der Waals surface area contributed by atoms with Gasteiger partial charge in [0.25, 0.3) is 0 Å².